The summed E-state index contributed by atoms with van der Waals surface area (Å²) in [6, 6.07) is 22.0. The Bertz CT molecular complexity index is 852. The van der Waals surface area contributed by atoms with Crippen LogP contribution in [0.5, 0.6) is 0 Å². The number of primary amides is 1. The van der Waals surface area contributed by atoms with Crippen LogP contribution in [0, 0.1) is 0 Å². The van der Waals surface area contributed by atoms with Crippen molar-refractivity contribution in [3.05, 3.63) is 95.8 Å². The van der Waals surface area contributed by atoms with Crippen molar-refractivity contribution < 1.29 is 9.53 Å². The molecule has 0 spiro atoms. The zero-order chi connectivity index (χ0) is 18.2. The van der Waals surface area contributed by atoms with Gasteiger partial charge >= 0.3 is 6.09 Å². The summed E-state index contributed by atoms with van der Waals surface area (Å²) in [7, 11) is 0. The first-order valence-corrected chi connectivity index (χ1v) is 8.28. The molecule has 2 aromatic carbocycles. The van der Waals surface area contributed by atoms with Gasteiger partial charge in [-0.15, -0.1) is 0 Å². The van der Waals surface area contributed by atoms with E-state index in [9.17, 15) is 4.79 Å². The van der Waals surface area contributed by atoms with Crippen molar-refractivity contribution in [2.45, 2.75) is 6.42 Å². The van der Waals surface area contributed by atoms with Crippen LogP contribution in [0.25, 0.3) is 0 Å². The van der Waals surface area contributed by atoms with Gasteiger partial charge in [0.15, 0.2) is 0 Å². The van der Waals surface area contributed by atoms with E-state index in [1.54, 1.807) is 12.4 Å². The molecule has 0 atom stereocenters. The molecule has 2 N–H and O–H groups in total. The van der Waals surface area contributed by atoms with Gasteiger partial charge in [0, 0.05) is 23.7 Å². The third-order valence-corrected chi connectivity index (χ3v) is 3.75. The highest BCUT2D eigenvalue weighted by Gasteiger charge is 2.07. The highest BCUT2D eigenvalue weighted by Crippen LogP contribution is 2.19. The third-order valence-electron chi connectivity index (χ3n) is 3.75. The number of ether oxygens (including phenoxy) is 1. The van der Waals surface area contributed by atoms with Crippen LogP contribution in [-0.4, -0.2) is 23.4 Å². The normalized spacial score (nSPS) is 10.2. The van der Waals surface area contributed by atoms with Crippen molar-refractivity contribution in [3.63, 3.8) is 0 Å². The number of amides is 1. The molecule has 0 aliphatic carbocycles. The Kier molecular flexibility index (Phi) is 5.72. The fourth-order valence-electron chi connectivity index (χ4n) is 2.56. The number of carbonyl (C=O) groups excluding carboxylic acids is 1. The molecule has 0 unspecified atom stereocenters. The van der Waals surface area contributed by atoms with E-state index in [2.05, 4.69) is 4.98 Å². The number of nitrogens with zero attached hydrogens (tertiary/aromatic N) is 2. The lowest BCUT2D eigenvalue weighted by Gasteiger charge is -2.08. The minimum atomic E-state index is -0.775. The maximum Gasteiger partial charge on any atom is 0.404 e. The SMILES string of the molecule is NC(=O)OCCc1cncc(N=C(c2ccccc2)c2ccccc2)c1. The van der Waals surface area contributed by atoms with Crippen molar-refractivity contribution in [1.82, 2.24) is 4.98 Å². The maximum atomic E-state index is 10.7. The molecular weight excluding hydrogens is 326 g/mol. The van der Waals surface area contributed by atoms with Crippen LogP contribution in [0.2, 0.25) is 0 Å². The number of aromatic nitrogens is 1. The summed E-state index contributed by atoms with van der Waals surface area (Å²) in [4.78, 5) is 19.7. The van der Waals surface area contributed by atoms with Crippen molar-refractivity contribution in [1.29, 1.82) is 0 Å². The molecule has 0 saturated heterocycles. The number of hydrogen-bond donors (Lipinski definition) is 1. The topological polar surface area (TPSA) is 77.6 Å². The molecule has 0 aliphatic rings. The van der Waals surface area contributed by atoms with Gasteiger partial charge in [-0.05, 0) is 11.6 Å². The molecule has 0 fully saturated rings. The molecule has 3 rings (SSSR count). The van der Waals surface area contributed by atoms with Crippen LogP contribution in [0.1, 0.15) is 16.7 Å². The second kappa shape index (κ2) is 8.58. The minimum absolute atomic E-state index is 0.217. The number of carbonyl (C=O) groups is 1. The van der Waals surface area contributed by atoms with Crippen LogP contribution in [0.3, 0.4) is 0 Å². The van der Waals surface area contributed by atoms with Gasteiger partial charge in [-0.2, -0.15) is 0 Å². The number of hydrogen-bond acceptors (Lipinski definition) is 4. The minimum Gasteiger partial charge on any atom is -0.449 e. The van der Waals surface area contributed by atoms with Crippen LogP contribution in [0.4, 0.5) is 10.5 Å². The quantitative estimate of drug-likeness (QED) is 0.689. The number of rotatable bonds is 6. The number of benzene rings is 2. The molecule has 3 aromatic rings. The molecule has 5 heteroatoms. The van der Waals surface area contributed by atoms with E-state index in [1.165, 1.54) is 0 Å². The van der Waals surface area contributed by atoms with E-state index in [0.717, 1.165) is 28.1 Å². The Morgan fingerprint density at radius 3 is 2.15 bits per heavy atom. The molecule has 1 aromatic heterocycles. The third kappa shape index (κ3) is 4.77. The summed E-state index contributed by atoms with van der Waals surface area (Å²) >= 11 is 0. The number of nitrogens with two attached hydrogens (primary N) is 1. The van der Waals surface area contributed by atoms with E-state index >= 15 is 0 Å². The molecule has 0 bridgehead atoms. The van der Waals surface area contributed by atoms with Crippen molar-refractivity contribution in [2.75, 3.05) is 6.61 Å². The Morgan fingerprint density at radius 1 is 0.962 bits per heavy atom. The molecule has 0 saturated carbocycles. The van der Waals surface area contributed by atoms with Gasteiger partial charge in [0.2, 0.25) is 0 Å². The van der Waals surface area contributed by atoms with Gasteiger partial charge in [-0.1, -0.05) is 60.7 Å². The standard InChI is InChI=1S/C21H19N3O2/c22-21(25)26-12-11-16-13-19(15-23-14-16)24-20(17-7-3-1-4-8-17)18-9-5-2-6-10-18/h1-10,13-15H,11-12H2,(H2,22,25). The fourth-order valence-corrected chi connectivity index (χ4v) is 2.56. The molecule has 130 valence electrons. The summed E-state index contributed by atoms with van der Waals surface area (Å²) in [6.45, 7) is 0.217. The van der Waals surface area contributed by atoms with E-state index in [-0.39, 0.29) is 6.61 Å². The van der Waals surface area contributed by atoms with Crippen LogP contribution in [-0.2, 0) is 11.2 Å². The Balaban J connectivity index is 1.92. The summed E-state index contributed by atoms with van der Waals surface area (Å²) < 4.78 is 4.78. The van der Waals surface area contributed by atoms with Gasteiger partial charge in [-0.3, -0.25) is 4.98 Å². The van der Waals surface area contributed by atoms with Crippen molar-refractivity contribution in [2.24, 2.45) is 10.7 Å². The fraction of sp³-hybridized carbons (Fsp3) is 0.0952. The highest BCUT2D eigenvalue weighted by atomic mass is 16.5. The van der Waals surface area contributed by atoms with Gasteiger partial charge < -0.3 is 10.5 Å². The largest absolute Gasteiger partial charge is 0.449 e. The molecule has 1 heterocycles. The zero-order valence-corrected chi connectivity index (χ0v) is 14.2. The Morgan fingerprint density at radius 2 is 1.58 bits per heavy atom. The molecule has 0 radical (unpaired) electrons. The Labute approximate surface area is 152 Å². The first-order valence-electron chi connectivity index (χ1n) is 8.28. The summed E-state index contributed by atoms with van der Waals surface area (Å²) in [5.74, 6) is 0. The molecule has 26 heavy (non-hydrogen) atoms. The second-order valence-electron chi connectivity index (χ2n) is 5.66. The van der Waals surface area contributed by atoms with Gasteiger partial charge in [0.25, 0.3) is 0 Å². The smallest absolute Gasteiger partial charge is 0.404 e. The van der Waals surface area contributed by atoms with Gasteiger partial charge in [-0.25, -0.2) is 9.79 Å². The lowest BCUT2D eigenvalue weighted by molar-refractivity contribution is 0.158. The van der Waals surface area contributed by atoms with E-state index in [1.807, 2.05) is 66.7 Å². The average Bonchev–Trinajstić information content (AvgIpc) is 2.67. The summed E-state index contributed by atoms with van der Waals surface area (Å²) in [6.07, 6.45) is 3.20. The predicted molar refractivity (Wildman–Crippen MR) is 102 cm³/mol. The molecule has 0 aliphatic heterocycles. The van der Waals surface area contributed by atoms with Crippen LogP contribution >= 0.6 is 0 Å². The maximum absolute atomic E-state index is 10.7. The lowest BCUT2D eigenvalue weighted by Crippen LogP contribution is -2.14. The van der Waals surface area contributed by atoms with E-state index in [4.69, 9.17) is 15.5 Å². The Hall–Kier alpha value is -3.47. The van der Waals surface area contributed by atoms with E-state index in [0.29, 0.717) is 6.42 Å². The molecule has 1 amide bonds. The zero-order valence-electron chi connectivity index (χ0n) is 14.2. The van der Waals surface area contributed by atoms with E-state index < -0.39 is 6.09 Å². The number of pyridine rings is 1. The van der Waals surface area contributed by atoms with Crippen molar-refractivity contribution in [3.8, 4) is 0 Å². The van der Waals surface area contributed by atoms with Crippen LogP contribution in [0.15, 0.2) is 84.1 Å². The second-order valence-corrected chi connectivity index (χ2v) is 5.66. The first-order chi connectivity index (χ1) is 12.7. The van der Waals surface area contributed by atoms with Gasteiger partial charge in [0.05, 0.1) is 24.2 Å². The molecule has 5 nitrogen and oxygen atoms in total. The first kappa shape index (κ1) is 17.4. The highest BCUT2D eigenvalue weighted by molar-refractivity contribution is 6.13. The lowest BCUT2D eigenvalue weighted by atomic mass is 10.0. The monoisotopic (exact) mass is 345 g/mol. The predicted octanol–water partition coefficient (Wildman–Crippen LogP) is 3.89. The average molecular weight is 345 g/mol. The summed E-state index contributed by atoms with van der Waals surface area (Å²) in [5, 5.41) is 0. The molecular formula is C21H19N3O2. The summed E-state index contributed by atoms with van der Waals surface area (Å²) in [5.41, 5.74) is 9.58. The van der Waals surface area contributed by atoms with Crippen molar-refractivity contribution >= 4 is 17.5 Å². The van der Waals surface area contributed by atoms with Gasteiger partial charge in [0.1, 0.15) is 0 Å². The number of aliphatic imine (C=N–C) groups is 1. The van der Waals surface area contributed by atoms with Crippen LogP contribution < -0.4 is 5.73 Å².